The van der Waals surface area contributed by atoms with Crippen molar-refractivity contribution in [1.82, 2.24) is 9.13 Å². The minimum absolute atomic E-state index is 0.0103. The minimum atomic E-state index is -0.0103. The second kappa shape index (κ2) is 15.3. The lowest BCUT2D eigenvalue weighted by molar-refractivity contribution is 0.924. The summed E-state index contributed by atoms with van der Waals surface area (Å²) in [5.74, 6) is -0.0206. The summed E-state index contributed by atoms with van der Waals surface area (Å²) < 4.78 is 5.18. The summed E-state index contributed by atoms with van der Waals surface area (Å²) in [6.45, 7) is 0. The lowest BCUT2D eigenvalue weighted by Crippen LogP contribution is -2.16. The van der Waals surface area contributed by atoms with Crippen LogP contribution in [0.3, 0.4) is 0 Å². The molecule has 2 aromatic heterocycles. The molecule has 2 heteroatoms. The van der Waals surface area contributed by atoms with Crippen LogP contribution in [0.25, 0.3) is 99.5 Å². The van der Waals surface area contributed by atoms with Gasteiger partial charge >= 0.3 is 0 Å². The maximum Gasteiger partial charge on any atom is 0.0582 e. The first-order valence-corrected chi connectivity index (χ1v) is 24.5. The molecule has 4 heterocycles. The van der Waals surface area contributed by atoms with Gasteiger partial charge in [0, 0.05) is 33.4 Å². The van der Waals surface area contributed by atoms with Crippen molar-refractivity contribution in [2.24, 2.45) is 0 Å². The maximum absolute atomic E-state index is 2.59. The van der Waals surface area contributed by atoms with Crippen molar-refractivity contribution in [3.05, 3.63) is 288 Å². The van der Waals surface area contributed by atoms with Crippen LogP contribution in [0.4, 0.5) is 0 Å². The van der Waals surface area contributed by atoms with Gasteiger partial charge in [0.05, 0.1) is 33.4 Å². The first kappa shape index (κ1) is 39.1. The normalized spacial score (nSPS) is 14.6. The summed E-state index contributed by atoms with van der Waals surface area (Å²) in [4.78, 5) is 0. The van der Waals surface area contributed by atoms with Crippen LogP contribution < -0.4 is 0 Å². The SMILES string of the molecule is c1ccc(-c2cccc(-c3ccccc3)c2C2c3ccccc3-n3c4cc5c(cc4c4cccc2c43)c2cccc3c2n5-c2ccccc2C3c2c(-c3ccccc3)cccc2-c2ccccc2)cc1. The zero-order valence-electron chi connectivity index (χ0n) is 38.3. The Morgan fingerprint density at radius 2 is 0.557 bits per heavy atom. The van der Waals surface area contributed by atoms with Crippen LogP contribution >= 0.6 is 0 Å². The molecule has 70 heavy (non-hydrogen) atoms. The van der Waals surface area contributed by atoms with E-state index in [9.17, 15) is 0 Å². The predicted octanol–water partition coefficient (Wildman–Crippen LogP) is 17.5. The molecule has 0 fully saturated rings. The summed E-state index contributed by atoms with van der Waals surface area (Å²) in [5, 5.41) is 5.10. The molecule has 15 rings (SSSR count). The van der Waals surface area contributed by atoms with Crippen LogP contribution in [0.1, 0.15) is 45.2 Å². The largest absolute Gasteiger partial charge is 0.309 e. The topological polar surface area (TPSA) is 9.86 Å². The van der Waals surface area contributed by atoms with Crippen molar-refractivity contribution in [2.45, 2.75) is 11.8 Å². The van der Waals surface area contributed by atoms with Crippen molar-refractivity contribution in [3.8, 4) is 55.9 Å². The molecule has 0 radical (unpaired) electrons. The predicted molar refractivity (Wildman–Crippen MR) is 292 cm³/mol. The maximum atomic E-state index is 2.59. The number of nitrogens with zero attached hydrogens (tertiary/aromatic N) is 2. The third-order valence-electron chi connectivity index (χ3n) is 15.5. The third kappa shape index (κ3) is 5.56. The molecule has 326 valence electrons. The molecule has 13 aromatic rings. The van der Waals surface area contributed by atoms with Crippen LogP contribution in [0.2, 0.25) is 0 Å². The Morgan fingerprint density at radius 3 is 0.929 bits per heavy atom. The average molecular weight is 889 g/mol. The fraction of sp³-hybridized carbons (Fsp3) is 0.0294. The summed E-state index contributed by atoms with van der Waals surface area (Å²) in [6, 6.07) is 95.0. The number of fused-ring (bicyclic) bond motifs is 10. The van der Waals surface area contributed by atoms with E-state index < -0.39 is 0 Å². The summed E-state index contributed by atoms with van der Waals surface area (Å²) in [6.07, 6.45) is 0. The van der Waals surface area contributed by atoms with Crippen LogP contribution in [0.5, 0.6) is 0 Å². The van der Waals surface area contributed by atoms with E-state index in [1.807, 2.05) is 0 Å². The molecular formula is C68H44N2. The third-order valence-corrected chi connectivity index (χ3v) is 15.5. The van der Waals surface area contributed by atoms with Crippen molar-refractivity contribution in [3.63, 3.8) is 0 Å². The highest BCUT2D eigenvalue weighted by atomic mass is 15.0. The molecule has 2 nitrogen and oxygen atoms in total. The summed E-state index contributed by atoms with van der Waals surface area (Å²) in [5.41, 5.74) is 25.4. The molecule has 11 aromatic carbocycles. The molecule has 0 amide bonds. The van der Waals surface area contributed by atoms with Crippen LogP contribution in [-0.4, -0.2) is 9.13 Å². The Morgan fingerprint density at radius 1 is 0.243 bits per heavy atom. The van der Waals surface area contributed by atoms with Gasteiger partial charge in [0.1, 0.15) is 0 Å². The molecule has 2 atom stereocenters. The molecule has 0 N–H and O–H groups in total. The lowest BCUT2D eigenvalue weighted by Gasteiger charge is -2.32. The number of para-hydroxylation sites is 4. The van der Waals surface area contributed by atoms with Gasteiger partial charge in [0.2, 0.25) is 0 Å². The van der Waals surface area contributed by atoms with Crippen LogP contribution in [0, 0.1) is 0 Å². The van der Waals surface area contributed by atoms with Gasteiger partial charge in [-0.15, -0.1) is 0 Å². The zero-order chi connectivity index (χ0) is 45.9. The second-order valence-electron chi connectivity index (χ2n) is 19.0. The number of hydrogen-bond acceptors (Lipinski definition) is 0. The van der Waals surface area contributed by atoms with E-state index in [1.165, 1.54) is 133 Å². The van der Waals surface area contributed by atoms with Gasteiger partial charge < -0.3 is 9.13 Å². The average Bonchev–Trinajstić information content (AvgIpc) is 3.94. The van der Waals surface area contributed by atoms with E-state index in [0.29, 0.717) is 0 Å². The van der Waals surface area contributed by atoms with Crippen molar-refractivity contribution in [1.29, 1.82) is 0 Å². The van der Waals surface area contributed by atoms with E-state index >= 15 is 0 Å². The minimum Gasteiger partial charge on any atom is -0.309 e. The molecule has 2 aliphatic rings. The van der Waals surface area contributed by atoms with Crippen molar-refractivity contribution in [2.75, 3.05) is 0 Å². The number of benzene rings is 11. The fourth-order valence-electron chi connectivity index (χ4n) is 12.7. The summed E-state index contributed by atoms with van der Waals surface area (Å²) in [7, 11) is 0. The molecule has 2 unspecified atom stereocenters. The fourth-order valence-corrected chi connectivity index (χ4v) is 12.7. The van der Waals surface area contributed by atoms with Gasteiger partial charge in [-0.2, -0.15) is 0 Å². The number of aromatic nitrogens is 2. The van der Waals surface area contributed by atoms with Gasteiger partial charge in [-0.1, -0.05) is 231 Å². The zero-order valence-corrected chi connectivity index (χ0v) is 38.3. The van der Waals surface area contributed by atoms with Crippen LogP contribution in [0.15, 0.2) is 255 Å². The Balaban J connectivity index is 1.02. The standard InChI is InChI=1S/C68H44N2/c1-5-21-43(22-6-1)47-31-17-32-48(44-23-7-2-8-24-44)63(47)65-53-29-13-15-39-59(53)69-61-42-62-58(41-57(61)51-35-19-37-55(65)67(51)69)52-36-20-38-56-66(54-30-14-16-40-60(54)70(62)68(52)56)64-49(45-25-9-3-10-26-45)33-18-34-50(64)46-27-11-4-12-28-46/h1-42,65-66H. The molecular weight excluding hydrogens is 845 g/mol. The van der Waals surface area contributed by atoms with E-state index in [4.69, 9.17) is 0 Å². The highest BCUT2D eigenvalue weighted by molar-refractivity contribution is 6.21. The monoisotopic (exact) mass is 888 g/mol. The lowest BCUT2D eigenvalue weighted by atomic mass is 9.75. The van der Waals surface area contributed by atoms with Gasteiger partial charge in [0.15, 0.2) is 0 Å². The van der Waals surface area contributed by atoms with Gasteiger partial charge in [-0.3, -0.25) is 0 Å². The molecule has 2 aliphatic heterocycles. The van der Waals surface area contributed by atoms with Crippen molar-refractivity contribution >= 4 is 43.6 Å². The Bertz CT molecular complexity index is 3830. The number of hydrogen-bond donors (Lipinski definition) is 0. The highest BCUT2D eigenvalue weighted by Gasteiger charge is 2.36. The second-order valence-corrected chi connectivity index (χ2v) is 19.0. The molecule has 0 aliphatic carbocycles. The first-order chi connectivity index (χ1) is 34.8. The molecule has 0 spiro atoms. The molecule has 0 bridgehead atoms. The quantitative estimate of drug-likeness (QED) is 0.157. The first-order valence-electron chi connectivity index (χ1n) is 24.5. The highest BCUT2D eigenvalue weighted by Crippen LogP contribution is 2.55. The van der Waals surface area contributed by atoms with Crippen LogP contribution in [-0.2, 0) is 0 Å². The summed E-state index contributed by atoms with van der Waals surface area (Å²) >= 11 is 0. The van der Waals surface area contributed by atoms with Gasteiger partial charge in [-0.25, -0.2) is 0 Å². The number of rotatable bonds is 6. The Hall–Kier alpha value is -8.98. The van der Waals surface area contributed by atoms with Gasteiger partial charge in [-0.05, 0) is 102 Å². The molecule has 0 saturated heterocycles. The smallest absolute Gasteiger partial charge is 0.0582 e. The van der Waals surface area contributed by atoms with E-state index in [-0.39, 0.29) is 11.8 Å². The Kier molecular flexibility index (Phi) is 8.52. The Labute approximate surface area is 406 Å². The van der Waals surface area contributed by atoms with E-state index in [1.54, 1.807) is 0 Å². The van der Waals surface area contributed by atoms with E-state index in [2.05, 4.69) is 264 Å². The van der Waals surface area contributed by atoms with Gasteiger partial charge in [0.25, 0.3) is 0 Å². The van der Waals surface area contributed by atoms with E-state index in [0.717, 1.165) is 0 Å². The molecule has 0 saturated carbocycles. The van der Waals surface area contributed by atoms with Crippen molar-refractivity contribution < 1.29 is 0 Å².